The Morgan fingerprint density at radius 3 is 2.55 bits per heavy atom. The van der Waals surface area contributed by atoms with Crippen molar-refractivity contribution in [2.24, 2.45) is 11.3 Å². The average Bonchev–Trinajstić information content (AvgIpc) is 3.19. The van der Waals surface area contributed by atoms with Crippen molar-refractivity contribution in [2.75, 3.05) is 13.7 Å². The van der Waals surface area contributed by atoms with Gasteiger partial charge in [0.05, 0.1) is 24.6 Å². The molecule has 2 aromatic rings. The second kappa shape index (κ2) is 11.0. The van der Waals surface area contributed by atoms with Crippen LogP contribution >= 0.6 is 0 Å². The van der Waals surface area contributed by atoms with Crippen molar-refractivity contribution < 1.29 is 37.3 Å². The van der Waals surface area contributed by atoms with Crippen LogP contribution < -0.4 is 4.74 Å². The molecule has 5 rings (SSSR count). The Morgan fingerprint density at radius 1 is 1.14 bits per heavy atom. The Balaban J connectivity index is 1.51. The molecule has 1 aliphatic heterocycles. The maximum Gasteiger partial charge on any atom is 0.416 e. The Bertz CT molecular complexity index is 1440. The van der Waals surface area contributed by atoms with Crippen LogP contribution in [0.15, 0.2) is 35.9 Å². The number of amides is 1. The van der Waals surface area contributed by atoms with E-state index in [-0.39, 0.29) is 12.0 Å². The Labute approximate surface area is 244 Å². The highest BCUT2D eigenvalue weighted by molar-refractivity contribution is 5.78. The van der Waals surface area contributed by atoms with E-state index in [2.05, 4.69) is 19.9 Å². The van der Waals surface area contributed by atoms with Crippen molar-refractivity contribution in [2.45, 2.75) is 84.5 Å². The van der Waals surface area contributed by atoms with Crippen LogP contribution in [-0.2, 0) is 28.5 Å². The summed E-state index contributed by atoms with van der Waals surface area (Å²) in [5, 5.41) is 9.63. The molecule has 3 aliphatic rings. The van der Waals surface area contributed by atoms with Crippen molar-refractivity contribution in [1.82, 2.24) is 4.90 Å². The number of carbonyl (C=O) groups excluding carboxylic acids is 1. The van der Waals surface area contributed by atoms with Crippen molar-refractivity contribution in [3.63, 3.8) is 0 Å². The molecule has 3 atom stereocenters. The van der Waals surface area contributed by atoms with Gasteiger partial charge in [-0.25, -0.2) is 4.79 Å². The Morgan fingerprint density at radius 2 is 1.88 bits per heavy atom. The van der Waals surface area contributed by atoms with E-state index in [1.807, 2.05) is 13.0 Å². The van der Waals surface area contributed by atoms with Gasteiger partial charge in [-0.15, -0.1) is 0 Å². The SMILES string of the molecule is COc1cc2c(cc1C1=C(CN3C(=O)O[C@H](c4cc(C)cc(C(F)(F)F)c4)[C@@H]3C)CC(C)(C)CC1)CC(C(=O)O)CC2. The van der Waals surface area contributed by atoms with Crippen molar-refractivity contribution in [3.05, 3.63) is 69.3 Å². The van der Waals surface area contributed by atoms with E-state index in [1.54, 1.807) is 25.0 Å². The Kier molecular flexibility index (Phi) is 7.83. The summed E-state index contributed by atoms with van der Waals surface area (Å²) in [5.41, 5.74) is 5.15. The van der Waals surface area contributed by atoms with Crippen LogP contribution in [0.4, 0.5) is 18.0 Å². The van der Waals surface area contributed by atoms with Crippen LogP contribution in [0.3, 0.4) is 0 Å². The summed E-state index contributed by atoms with van der Waals surface area (Å²) < 4.78 is 52.1. The normalized spacial score (nSPS) is 24.0. The zero-order valence-corrected chi connectivity index (χ0v) is 24.7. The molecule has 0 radical (unpaired) electrons. The third-order valence-corrected chi connectivity index (χ3v) is 9.10. The van der Waals surface area contributed by atoms with E-state index in [0.29, 0.717) is 30.4 Å². The molecule has 2 aliphatic carbocycles. The number of carboxylic acid groups (broad SMARTS) is 1. The highest BCUT2D eigenvalue weighted by Crippen LogP contribution is 2.47. The minimum Gasteiger partial charge on any atom is -0.496 e. The van der Waals surface area contributed by atoms with Gasteiger partial charge in [-0.3, -0.25) is 9.69 Å². The number of hydrogen-bond donors (Lipinski definition) is 1. The molecule has 0 aromatic heterocycles. The third-order valence-electron chi connectivity index (χ3n) is 9.10. The molecule has 1 saturated heterocycles. The van der Waals surface area contributed by atoms with E-state index >= 15 is 0 Å². The molecule has 42 heavy (non-hydrogen) atoms. The number of alkyl halides is 3. The lowest BCUT2D eigenvalue weighted by Gasteiger charge is -2.36. The molecule has 1 amide bonds. The fourth-order valence-corrected chi connectivity index (χ4v) is 6.80. The number of halogens is 3. The minimum atomic E-state index is -4.50. The number of fused-ring (bicyclic) bond motifs is 1. The van der Waals surface area contributed by atoms with Gasteiger partial charge in [-0.1, -0.05) is 25.5 Å². The van der Waals surface area contributed by atoms with Crippen LogP contribution in [-0.4, -0.2) is 41.8 Å². The highest BCUT2D eigenvalue weighted by atomic mass is 19.4. The number of aryl methyl sites for hydroxylation is 2. The molecular weight excluding hydrogens is 547 g/mol. The molecule has 1 fully saturated rings. The zero-order valence-electron chi connectivity index (χ0n) is 24.7. The smallest absolute Gasteiger partial charge is 0.416 e. The summed E-state index contributed by atoms with van der Waals surface area (Å²) in [5.74, 6) is -0.484. The molecule has 1 heterocycles. The Hall–Kier alpha value is -3.49. The number of hydrogen-bond acceptors (Lipinski definition) is 4. The number of benzene rings is 2. The van der Waals surface area contributed by atoms with E-state index in [4.69, 9.17) is 9.47 Å². The first-order chi connectivity index (χ1) is 19.7. The van der Waals surface area contributed by atoms with E-state index < -0.39 is 41.9 Å². The number of cyclic esters (lactones) is 1. The summed E-state index contributed by atoms with van der Waals surface area (Å²) >= 11 is 0. The summed E-state index contributed by atoms with van der Waals surface area (Å²) in [6.07, 6.45) is -1.75. The maximum atomic E-state index is 13.5. The van der Waals surface area contributed by atoms with Gasteiger partial charge >= 0.3 is 18.2 Å². The predicted octanol–water partition coefficient (Wildman–Crippen LogP) is 7.76. The fraction of sp³-hybridized carbons (Fsp3) is 0.515. The molecule has 0 bridgehead atoms. The van der Waals surface area contributed by atoms with Gasteiger partial charge in [-0.05, 0) is 110 Å². The summed E-state index contributed by atoms with van der Waals surface area (Å²) in [6.45, 7) is 8.07. The maximum absolute atomic E-state index is 13.5. The number of rotatable bonds is 6. The zero-order chi connectivity index (χ0) is 30.6. The topological polar surface area (TPSA) is 76.1 Å². The molecule has 6 nitrogen and oxygen atoms in total. The molecule has 0 saturated carbocycles. The number of carbonyl (C=O) groups is 2. The molecule has 1 unspecified atom stereocenters. The second-order valence-corrected chi connectivity index (χ2v) is 12.8. The summed E-state index contributed by atoms with van der Waals surface area (Å²) in [7, 11) is 1.63. The van der Waals surface area contributed by atoms with Crippen LogP contribution in [0, 0.1) is 18.3 Å². The van der Waals surface area contributed by atoms with Gasteiger partial charge in [0.2, 0.25) is 0 Å². The number of allylic oxidation sites excluding steroid dienone is 1. The van der Waals surface area contributed by atoms with Crippen LogP contribution in [0.2, 0.25) is 0 Å². The minimum absolute atomic E-state index is 0.0148. The van der Waals surface area contributed by atoms with Crippen LogP contribution in [0.25, 0.3) is 5.57 Å². The first kappa shape index (κ1) is 30.0. The molecule has 226 valence electrons. The lowest BCUT2D eigenvalue weighted by atomic mass is 9.72. The van der Waals surface area contributed by atoms with Gasteiger partial charge in [0, 0.05) is 12.1 Å². The molecular formula is C33H38F3NO5. The van der Waals surface area contributed by atoms with Gasteiger partial charge in [0.1, 0.15) is 11.9 Å². The predicted molar refractivity (Wildman–Crippen MR) is 152 cm³/mol. The number of carboxylic acids is 1. The first-order valence-electron chi connectivity index (χ1n) is 14.5. The van der Waals surface area contributed by atoms with E-state index in [9.17, 15) is 27.9 Å². The van der Waals surface area contributed by atoms with Gasteiger partial charge in [0.25, 0.3) is 0 Å². The van der Waals surface area contributed by atoms with Crippen LogP contribution in [0.1, 0.15) is 85.9 Å². The standard InChI is InChI=1S/C33H38F3NO5/c1-18-10-23(13-25(11-18)33(34,35)36)29-19(2)37(31(40)42-29)17-24-16-32(3,4)9-8-26(24)27-14-22-12-21(30(38)39)7-6-20(22)15-28(27)41-5/h10-11,13-15,19,21,29H,6-9,12,16-17H2,1-5H3,(H,38,39)/t19-,21?,29-/m0/s1. The summed E-state index contributed by atoms with van der Waals surface area (Å²) in [6, 6.07) is 7.41. The molecule has 2 aromatic carbocycles. The average molecular weight is 586 g/mol. The van der Waals surface area contributed by atoms with Crippen molar-refractivity contribution in [1.29, 1.82) is 0 Å². The number of methoxy groups -OCH3 is 1. The highest BCUT2D eigenvalue weighted by Gasteiger charge is 2.42. The quantitative estimate of drug-likeness (QED) is 0.375. The van der Waals surface area contributed by atoms with Gasteiger partial charge in [0.15, 0.2) is 0 Å². The lowest BCUT2D eigenvalue weighted by molar-refractivity contribution is -0.142. The number of ether oxygens (including phenoxy) is 2. The van der Waals surface area contributed by atoms with Gasteiger partial charge < -0.3 is 14.6 Å². The van der Waals surface area contributed by atoms with E-state index in [1.165, 1.54) is 0 Å². The molecule has 1 N–H and O–H groups in total. The third kappa shape index (κ3) is 5.88. The largest absolute Gasteiger partial charge is 0.496 e. The van der Waals surface area contributed by atoms with Crippen molar-refractivity contribution in [3.8, 4) is 5.75 Å². The number of nitrogens with zero attached hydrogens (tertiary/aromatic N) is 1. The summed E-state index contributed by atoms with van der Waals surface area (Å²) in [4.78, 5) is 26.5. The first-order valence-corrected chi connectivity index (χ1v) is 14.5. The molecule has 9 heteroatoms. The lowest BCUT2D eigenvalue weighted by Crippen LogP contribution is -2.35. The van der Waals surface area contributed by atoms with Gasteiger partial charge in [-0.2, -0.15) is 13.2 Å². The van der Waals surface area contributed by atoms with Crippen molar-refractivity contribution >= 4 is 17.6 Å². The molecule has 0 spiro atoms. The fourth-order valence-electron chi connectivity index (χ4n) is 6.80. The monoisotopic (exact) mass is 585 g/mol. The van der Waals surface area contributed by atoms with E-state index in [0.717, 1.165) is 65.0 Å². The van der Waals surface area contributed by atoms with Crippen LogP contribution in [0.5, 0.6) is 5.75 Å². The second-order valence-electron chi connectivity index (χ2n) is 12.8. The number of aliphatic carboxylic acids is 1.